The van der Waals surface area contributed by atoms with Crippen molar-refractivity contribution in [3.8, 4) is 5.75 Å². The zero-order valence-electron chi connectivity index (χ0n) is 13.9. The molecule has 0 saturated heterocycles. The molecule has 1 aliphatic rings. The van der Waals surface area contributed by atoms with Gasteiger partial charge in [-0.1, -0.05) is 28.8 Å². The topological polar surface area (TPSA) is 105 Å². The maximum Gasteiger partial charge on any atom is 0.307 e. The van der Waals surface area contributed by atoms with Crippen molar-refractivity contribution >= 4 is 33.7 Å². The molecule has 0 heterocycles. The summed E-state index contributed by atoms with van der Waals surface area (Å²) in [5, 5.41) is 9.20. The third-order valence-corrected chi connectivity index (χ3v) is 5.13. The van der Waals surface area contributed by atoms with Crippen LogP contribution in [0.5, 0.6) is 5.75 Å². The van der Waals surface area contributed by atoms with Crippen LogP contribution in [0.25, 0.3) is 0 Å². The van der Waals surface area contributed by atoms with Gasteiger partial charge in [-0.2, -0.15) is 0 Å². The fourth-order valence-electron chi connectivity index (χ4n) is 2.86. The fraction of sp³-hybridized carbons (Fsp3) is 0.471. The molecule has 0 spiro atoms. The minimum Gasteiger partial charge on any atom is -0.484 e. The molecule has 0 radical (unpaired) electrons. The molecule has 7 nitrogen and oxygen atoms in total. The van der Waals surface area contributed by atoms with Crippen molar-refractivity contribution in [1.29, 1.82) is 0 Å². The number of halogens is 1. The molecule has 1 aliphatic carbocycles. The second-order valence-electron chi connectivity index (χ2n) is 6.07. The number of amides is 2. The van der Waals surface area contributed by atoms with Crippen molar-refractivity contribution in [1.82, 2.24) is 10.9 Å². The fourth-order valence-corrected chi connectivity index (χ4v) is 3.10. The van der Waals surface area contributed by atoms with Crippen LogP contribution in [0.2, 0.25) is 0 Å². The Bertz CT molecular complexity index is 664. The van der Waals surface area contributed by atoms with Crippen molar-refractivity contribution in [3.63, 3.8) is 0 Å². The van der Waals surface area contributed by atoms with Gasteiger partial charge in [0.2, 0.25) is 5.91 Å². The van der Waals surface area contributed by atoms with Crippen LogP contribution in [0.3, 0.4) is 0 Å². The number of carbonyl (C=O) groups excluding carboxylic acids is 2. The van der Waals surface area contributed by atoms with Gasteiger partial charge in [-0.05, 0) is 43.5 Å². The molecule has 0 unspecified atom stereocenters. The van der Waals surface area contributed by atoms with Crippen LogP contribution in [0.4, 0.5) is 0 Å². The summed E-state index contributed by atoms with van der Waals surface area (Å²) in [6, 6.07) is 5.33. The lowest BCUT2D eigenvalue weighted by molar-refractivity contribution is -0.149. The van der Waals surface area contributed by atoms with Gasteiger partial charge in [-0.25, -0.2) is 0 Å². The summed E-state index contributed by atoms with van der Waals surface area (Å²) in [7, 11) is 0. The second kappa shape index (κ2) is 8.84. The number of carboxylic acids is 1. The first kappa shape index (κ1) is 19.2. The number of nitrogens with one attached hydrogen (secondary N) is 2. The summed E-state index contributed by atoms with van der Waals surface area (Å²) < 4.78 is 6.30. The summed E-state index contributed by atoms with van der Waals surface area (Å²) in [5.41, 5.74) is 5.55. The molecule has 1 aromatic rings. The van der Waals surface area contributed by atoms with Gasteiger partial charge in [0.25, 0.3) is 5.91 Å². The van der Waals surface area contributed by atoms with Gasteiger partial charge in [0, 0.05) is 4.47 Å². The van der Waals surface area contributed by atoms with Gasteiger partial charge >= 0.3 is 5.97 Å². The largest absolute Gasteiger partial charge is 0.484 e. The van der Waals surface area contributed by atoms with E-state index in [9.17, 15) is 19.5 Å². The molecule has 0 bridgehead atoms. The number of aliphatic carboxylic acids is 1. The molecular weight excluding hydrogens is 392 g/mol. The van der Waals surface area contributed by atoms with Gasteiger partial charge in [0.1, 0.15) is 5.75 Å². The molecule has 0 aliphatic heterocycles. The number of rotatable bonds is 5. The summed E-state index contributed by atoms with van der Waals surface area (Å²) in [5.74, 6) is -2.74. The lowest BCUT2D eigenvalue weighted by atomic mass is 9.79. The number of carbonyl (C=O) groups is 3. The van der Waals surface area contributed by atoms with Crippen molar-refractivity contribution in [2.75, 3.05) is 6.61 Å². The van der Waals surface area contributed by atoms with Crippen molar-refractivity contribution in [2.45, 2.75) is 32.6 Å². The van der Waals surface area contributed by atoms with E-state index in [-0.39, 0.29) is 6.61 Å². The average molecular weight is 413 g/mol. The van der Waals surface area contributed by atoms with Crippen LogP contribution >= 0.6 is 15.9 Å². The molecule has 136 valence electrons. The molecule has 2 amide bonds. The van der Waals surface area contributed by atoms with Crippen LogP contribution in [-0.2, 0) is 14.4 Å². The van der Waals surface area contributed by atoms with E-state index in [1.165, 1.54) is 0 Å². The highest BCUT2D eigenvalue weighted by atomic mass is 79.9. The zero-order valence-corrected chi connectivity index (χ0v) is 15.5. The maximum atomic E-state index is 12.1. The number of aryl methyl sites for hydroxylation is 1. The van der Waals surface area contributed by atoms with Crippen LogP contribution in [0.1, 0.15) is 31.2 Å². The Morgan fingerprint density at radius 1 is 1.20 bits per heavy atom. The Morgan fingerprint density at radius 3 is 2.52 bits per heavy atom. The highest BCUT2D eigenvalue weighted by molar-refractivity contribution is 9.10. The predicted octanol–water partition coefficient (Wildman–Crippen LogP) is 2.17. The lowest BCUT2D eigenvalue weighted by Crippen LogP contribution is -2.49. The number of carboxylic acid groups (broad SMARTS) is 1. The Labute approximate surface area is 154 Å². The number of hydrazine groups is 1. The summed E-state index contributed by atoms with van der Waals surface area (Å²) in [4.78, 5) is 35.2. The van der Waals surface area contributed by atoms with E-state index in [1.54, 1.807) is 12.1 Å². The lowest BCUT2D eigenvalue weighted by Gasteiger charge is -2.27. The number of ether oxygens (including phenoxy) is 1. The van der Waals surface area contributed by atoms with E-state index in [1.807, 2.05) is 13.0 Å². The first-order valence-electron chi connectivity index (χ1n) is 8.09. The highest BCUT2D eigenvalue weighted by Crippen LogP contribution is 2.30. The van der Waals surface area contributed by atoms with Gasteiger partial charge in [-0.15, -0.1) is 0 Å². The first-order valence-corrected chi connectivity index (χ1v) is 8.88. The Morgan fingerprint density at radius 2 is 1.88 bits per heavy atom. The van der Waals surface area contributed by atoms with E-state index < -0.39 is 29.6 Å². The third kappa shape index (κ3) is 5.45. The molecule has 8 heteroatoms. The van der Waals surface area contributed by atoms with E-state index >= 15 is 0 Å². The second-order valence-corrected chi connectivity index (χ2v) is 6.93. The van der Waals surface area contributed by atoms with Gasteiger partial charge < -0.3 is 9.84 Å². The van der Waals surface area contributed by atoms with Crippen LogP contribution in [0.15, 0.2) is 22.7 Å². The summed E-state index contributed by atoms with van der Waals surface area (Å²) in [6.45, 7) is 1.65. The predicted molar refractivity (Wildman–Crippen MR) is 93.7 cm³/mol. The molecule has 1 aromatic carbocycles. The Hall–Kier alpha value is -2.09. The van der Waals surface area contributed by atoms with Gasteiger partial charge in [0.05, 0.1) is 11.8 Å². The third-order valence-electron chi connectivity index (χ3n) is 4.24. The quantitative estimate of drug-likeness (QED) is 0.642. The zero-order chi connectivity index (χ0) is 18.4. The molecule has 1 saturated carbocycles. The minimum absolute atomic E-state index is 0.256. The van der Waals surface area contributed by atoms with Gasteiger partial charge in [-0.3, -0.25) is 25.2 Å². The van der Waals surface area contributed by atoms with Crippen molar-refractivity contribution in [3.05, 3.63) is 28.2 Å². The first-order chi connectivity index (χ1) is 11.9. The van der Waals surface area contributed by atoms with E-state index in [0.29, 0.717) is 18.6 Å². The van der Waals surface area contributed by atoms with Crippen LogP contribution in [-0.4, -0.2) is 29.5 Å². The molecule has 0 aromatic heterocycles. The van der Waals surface area contributed by atoms with Crippen molar-refractivity contribution in [2.24, 2.45) is 11.8 Å². The van der Waals surface area contributed by atoms with E-state index in [4.69, 9.17) is 4.74 Å². The average Bonchev–Trinajstić information content (AvgIpc) is 2.60. The normalized spacial score (nSPS) is 19.8. The highest BCUT2D eigenvalue weighted by Gasteiger charge is 2.35. The number of hydrogen-bond donors (Lipinski definition) is 3. The summed E-state index contributed by atoms with van der Waals surface area (Å²) >= 11 is 3.38. The Balaban J connectivity index is 1.79. The molecule has 3 N–H and O–H groups in total. The standard InChI is InChI=1S/C17H21BrN2O5/c1-10-8-11(6-7-14(10)18)25-9-15(21)19-20-16(22)12-4-2-3-5-13(12)17(23)24/h6-8,12-13H,2-5,9H2,1H3,(H,19,21)(H,20,22)(H,23,24)/t12-,13-/m1/s1. The Kier molecular flexibility index (Phi) is 6.81. The molecule has 2 rings (SSSR count). The van der Waals surface area contributed by atoms with Gasteiger partial charge in [0.15, 0.2) is 6.61 Å². The smallest absolute Gasteiger partial charge is 0.307 e. The number of benzene rings is 1. The summed E-state index contributed by atoms with van der Waals surface area (Å²) in [6.07, 6.45) is 2.59. The maximum absolute atomic E-state index is 12.1. The van der Waals surface area contributed by atoms with Crippen LogP contribution < -0.4 is 15.6 Å². The minimum atomic E-state index is -0.972. The monoisotopic (exact) mass is 412 g/mol. The SMILES string of the molecule is Cc1cc(OCC(=O)NNC(=O)[C@@H]2CCCC[C@H]2C(=O)O)ccc1Br. The number of hydrogen-bond acceptors (Lipinski definition) is 4. The van der Waals surface area contributed by atoms with E-state index in [2.05, 4.69) is 26.8 Å². The molecule has 2 atom stereocenters. The molecule has 1 fully saturated rings. The molecule has 25 heavy (non-hydrogen) atoms. The molecular formula is C17H21BrN2O5. The van der Waals surface area contributed by atoms with Crippen LogP contribution in [0, 0.1) is 18.8 Å². The van der Waals surface area contributed by atoms with E-state index in [0.717, 1.165) is 22.9 Å². The van der Waals surface area contributed by atoms with Crippen molar-refractivity contribution < 1.29 is 24.2 Å².